The van der Waals surface area contributed by atoms with Crippen molar-refractivity contribution in [1.29, 1.82) is 0 Å². The molecule has 0 aromatic rings. The molecule has 1 rings (SSSR count). The van der Waals surface area contributed by atoms with E-state index in [0.717, 1.165) is 25.9 Å². The van der Waals surface area contributed by atoms with Gasteiger partial charge >= 0.3 is 0 Å². The van der Waals surface area contributed by atoms with Gasteiger partial charge in [-0.3, -0.25) is 4.79 Å². The fraction of sp³-hybridized carbons (Fsp3) is 0.917. The third kappa shape index (κ3) is 4.10. The van der Waals surface area contributed by atoms with Gasteiger partial charge in [0.05, 0.1) is 12.1 Å². The van der Waals surface area contributed by atoms with Crippen molar-refractivity contribution >= 4 is 5.91 Å². The molecule has 4 heteroatoms. The van der Waals surface area contributed by atoms with E-state index in [2.05, 4.69) is 12.2 Å². The van der Waals surface area contributed by atoms with Gasteiger partial charge < -0.3 is 15.8 Å². The highest BCUT2D eigenvalue weighted by Gasteiger charge is 2.32. The first-order valence-electron chi connectivity index (χ1n) is 6.33. The zero-order valence-corrected chi connectivity index (χ0v) is 10.3. The first kappa shape index (κ1) is 13.5. The Kier molecular flexibility index (Phi) is 5.77. The van der Waals surface area contributed by atoms with Crippen LogP contribution in [-0.2, 0) is 9.53 Å². The summed E-state index contributed by atoms with van der Waals surface area (Å²) in [6.07, 6.45) is 6.80. The minimum Gasteiger partial charge on any atom is -0.373 e. The second kappa shape index (κ2) is 6.86. The Balaban J connectivity index is 2.45. The number of hydrogen-bond donors (Lipinski definition) is 2. The first-order chi connectivity index (χ1) is 7.72. The molecule has 16 heavy (non-hydrogen) atoms. The number of hydrogen-bond acceptors (Lipinski definition) is 3. The lowest BCUT2D eigenvalue weighted by atomic mass is 9.84. The minimum atomic E-state index is -0.126. The van der Waals surface area contributed by atoms with Gasteiger partial charge in [-0.05, 0) is 19.3 Å². The summed E-state index contributed by atoms with van der Waals surface area (Å²) in [5.41, 5.74) is 5.15. The van der Waals surface area contributed by atoms with Gasteiger partial charge in [0.1, 0.15) is 0 Å². The molecule has 1 aliphatic carbocycles. The van der Waals surface area contributed by atoms with Crippen LogP contribution in [0.15, 0.2) is 0 Å². The van der Waals surface area contributed by atoms with Gasteiger partial charge in [0.2, 0.25) is 5.91 Å². The van der Waals surface area contributed by atoms with Crippen LogP contribution in [0.4, 0.5) is 0 Å². The van der Waals surface area contributed by atoms with E-state index in [-0.39, 0.29) is 18.1 Å². The molecule has 0 aromatic heterocycles. The van der Waals surface area contributed by atoms with Gasteiger partial charge in [-0.15, -0.1) is 0 Å². The summed E-state index contributed by atoms with van der Waals surface area (Å²) >= 11 is 0. The monoisotopic (exact) mass is 228 g/mol. The molecule has 3 N–H and O–H groups in total. The molecule has 0 saturated heterocycles. The van der Waals surface area contributed by atoms with E-state index in [1.54, 1.807) is 0 Å². The molecule has 1 amide bonds. The molecule has 4 nitrogen and oxygen atoms in total. The molecule has 0 atom stereocenters. The molecule has 0 aromatic carbocycles. The van der Waals surface area contributed by atoms with Crippen LogP contribution in [0.1, 0.15) is 45.4 Å². The predicted octanol–water partition coefficient (Wildman–Crippen LogP) is 1.19. The van der Waals surface area contributed by atoms with Crippen LogP contribution in [0.5, 0.6) is 0 Å². The number of nitrogens with two attached hydrogens (primary N) is 1. The Labute approximate surface area is 97.9 Å². The average Bonchev–Trinajstić information content (AvgIpc) is 2.35. The molecule has 0 radical (unpaired) electrons. The highest BCUT2D eigenvalue weighted by molar-refractivity contribution is 5.77. The van der Waals surface area contributed by atoms with Gasteiger partial charge in [0, 0.05) is 13.2 Å². The van der Waals surface area contributed by atoms with Crippen LogP contribution < -0.4 is 11.1 Å². The summed E-state index contributed by atoms with van der Waals surface area (Å²) in [4.78, 5) is 11.2. The number of carbonyl (C=O) groups excluding carboxylic acids is 1. The maximum atomic E-state index is 11.2. The van der Waals surface area contributed by atoms with E-state index in [9.17, 15) is 4.79 Å². The summed E-state index contributed by atoms with van der Waals surface area (Å²) in [6, 6.07) is 0. The number of amides is 1. The van der Waals surface area contributed by atoms with Gasteiger partial charge in [0.15, 0.2) is 0 Å². The maximum Gasteiger partial charge on any atom is 0.233 e. The zero-order chi connectivity index (χ0) is 11.9. The van der Waals surface area contributed by atoms with Crippen molar-refractivity contribution < 1.29 is 9.53 Å². The van der Waals surface area contributed by atoms with Crippen LogP contribution >= 0.6 is 0 Å². The molecule has 0 spiro atoms. The van der Waals surface area contributed by atoms with Crippen molar-refractivity contribution in [2.45, 2.75) is 51.0 Å². The fourth-order valence-corrected chi connectivity index (χ4v) is 2.22. The van der Waals surface area contributed by atoms with E-state index in [0.29, 0.717) is 6.54 Å². The molecule has 0 bridgehead atoms. The topological polar surface area (TPSA) is 64.3 Å². The Hall–Kier alpha value is -0.610. The third-order valence-electron chi connectivity index (χ3n) is 3.17. The van der Waals surface area contributed by atoms with Gasteiger partial charge in [-0.1, -0.05) is 26.2 Å². The van der Waals surface area contributed by atoms with E-state index >= 15 is 0 Å². The molecule has 1 aliphatic rings. The van der Waals surface area contributed by atoms with Crippen LogP contribution in [0.2, 0.25) is 0 Å². The van der Waals surface area contributed by atoms with Crippen LogP contribution in [0.3, 0.4) is 0 Å². The predicted molar refractivity (Wildman–Crippen MR) is 64.1 cm³/mol. The smallest absolute Gasteiger partial charge is 0.233 e. The van der Waals surface area contributed by atoms with Crippen molar-refractivity contribution in [3.05, 3.63) is 0 Å². The Morgan fingerprint density at radius 2 is 2.06 bits per heavy atom. The Bertz CT molecular complexity index is 213. The van der Waals surface area contributed by atoms with Gasteiger partial charge in [0.25, 0.3) is 0 Å². The normalized spacial score (nSPS) is 19.4. The van der Waals surface area contributed by atoms with Crippen molar-refractivity contribution in [3.8, 4) is 0 Å². The fourth-order valence-electron chi connectivity index (χ4n) is 2.22. The Morgan fingerprint density at radius 3 is 2.62 bits per heavy atom. The minimum absolute atomic E-state index is 0.0594. The number of ether oxygens (including phenoxy) is 1. The second-order valence-electron chi connectivity index (χ2n) is 4.57. The summed E-state index contributed by atoms with van der Waals surface area (Å²) in [5.74, 6) is -0.0925. The molecule has 94 valence electrons. The summed E-state index contributed by atoms with van der Waals surface area (Å²) < 4.78 is 5.96. The molecular weight excluding hydrogens is 204 g/mol. The highest BCUT2D eigenvalue weighted by atomic mass is 16.5. The molecular formula is C12H24N2O2. The number of rotatable bonds is 6. The average molecular weight is 228 g/mol. The Morgan fingerprint density at radius 1 is 1.38 bits per heavy atom. The van der Waals surface area contributed by atoms with Crippen molar-refractivity contribution in [2.24, 2.45) is 5.73 Å². The van der Waals surface area contributed by atoms with E-state index in [4.69, 9.17) is 10.5 Å². The zero-order valence-electron chi connectivity index (χ0n) is 10.3. The standard InChI is InChI=1S/C12H24N2O2/c1-2-8-16-12(6-4-3-5-7-12)10-14-11(15)9-13/h2-10,13H2,1H3,(H,14,15). The molecule has 0 unspecified atom stereocenters. The SMILES string of the molecule is CCCOC1(CNC(=O)CN)CCCCC1. The van der Waals surface area contributed by atoms with Crippen molar-refractivity contribution in [2.75, 3.05) is 19.7 Å². The van der Waals surface area contributed by atoms with E-state index in [1.165, 1.54) is 19.3 Å². The van der Waals surface area contributed by atoms with Crippen molar-refractivity contribution in [3.63, 3.8) is 0 Å². The quantitative estimate of drug-likeness (QED) is 0.717. The lowest BCUT2D eigenvalue weighted by molar-refractivity contribution is -0.123. The maximum absolute atomic E-state index is 11.2. The lowest BCUT2D eigenvalue weighted by Crippen LogP contribution is -2.47. The van der Waals surface area contributed by atoms with E-state index < -0.39 is 0 Å². The third-order valence-corrected chi connectivity index (χ3v) is 3.17. The van der Waals surface area contributed by atoms with E-state index in [1.807, 2.05) is 0 Å². The number of nitrogens with one attached hydrogen (secondary N) is 1. The molecule has 1 saturated carbocycles. The summed E-state index contributed by atoms with van der Waals surface area (Å²) in [6.45, 7) is 3.56. The molecule has 0 aliphatic heterocycles. The van der Waals surface area contributed by atoms with Crippen LogP contribution in [-0.4, -0.2) is 31.2 Å². The van der Waals surface area contributed by atoms with Crippen LogP contribution in [0, 0.1) is 0 Å². The van der Waals surface area contributed by atoms with Gasteiger partial charge in [-0.2, -0.15) is 0 Å². The number of carbonyl (C=O) groups is 1. The molecule has 0 heterocycles. The lowest BCUT2D eigenvalue weighted by Gasteiger charge is -2.37. The largest absolute Gasteiger partial charge is 0.373 e. The highest BCUT2D eigenvalue weighted by Crippen LogP contribution is 2.31. The second-order valence-corrected chi connectivity index (χ2v) is 4.57. The summed E-state index contributed by atoms with van der Waals surface area (Å²) in [7, 11) is 0. The van der Waals surface area contributed by atoms with Crippen molar-refractivity contribution in [1.82, 2.24) is 5.32 Å². The summed E-state index contributed by atoms with van der Waals surface area (Å²) in [5, 5.41) is 2.86. The van der Waals surface area contributed by atoms with Gasteiger partial charge in [-0.25, -0.2) is 0 Å². The van der Waals surface area contributed by atoms with Crippen LogP contribution in [0.25, 0.3) is 0 Å². The first-order valence-corrected chi connectivity index (χ1v) is 6.33. The molecule has 1 fully saturated rings.